The van der Waals surface area contributed by atoms with Crippen molar-refractivity contribution in [1.29, 1.82) is 0 Å². The van der Waals surface area contributed by atoms with Gasteiger partial charge in [-0.25, -0.2) is 9.36 Å². The summed E-state index contributed by atoms with van der Waals surface area (Å²) >= 11 is 0. The summed E-state index contributed by atoms with van der Waals surface area (Å²) in [5.41, 5.74) is 0.486. The standard InChI is InChI=1S/C23H41O6P/c1-3-5-7-8-9-10-11-12-13-14-15-17-27-30(25)28-19-20-18-26-23(24)22(20)21(29-30)16-6-4-2/h20H,3-19H2,1-2H3/t20-,30+/m0/s1. The molecule has 0 aromatic heterocycles. The van der Waals surface area contributed by atoms with Gasteiger partial charge in [0.2, 0.25) is 0 Å². The monoisotopic (exact) mass is 444 g/mol. The summed E-state index contributed by atoms with van der Waals surface area (Å²) in [6, 6.07) is 0. The van der Waals surface area contributed by atoms with Crippen molar-refractivity contribution in [2.45, 2.75) is 104 Å². The van der Waals surface area contributed by atoms with E-state index in [1.807, 2.05) is 0 Å². The highest BCUT2D eigenvalue weighted by molar-refractivity contribution is 7.48. The number of phosphoric acid groups is 1. The van der Waals surface area contributed by atoms with E-state index in [4.69, 9.17) is 18.3 Å². The van der Waals surface area contributed by atoms with E-state index in [9.17, 15) is 9.36 Å². The van der Waals surface area contributed by atoms with E-state index in [1.54, 1.807) is 0 Å². The first-order chi connectivity index (χ1) is 14.6. The predicted molar refractivity (Wildman–Crippen MR) is 118 cm³/mol. The van der Waals surface area contributed by atoms with Crippen LogP contribution in [0.15, 0.2) is 11.3 Å². The largest absolute Gasteiger partial charge is 0.529 e. The third kappa shape index (κ3) is 8.72. The fourth-order valence-electron chi connectivity index (χ4n) is 3.89. The number of fused-ring (bicyclic) bond motifs is 1. The topological polar surface area (TPSA) is 71.1 Å². The Labute approximate surface area is 182 Å². The Balaban J connectivity index is 1.65. The molecule has 2 rings (SSSR count). The van der Waals surface area contributed by atoms with Gasteiger partial charge in [0.1, 0.15) is 12.4 Å². The van der Waals surface area contributed by atoms with Crippen LogP contribution in [-0.4, -0.2) is 25.8 Å². The molecule has 2 heterocycles. The fourth-order valence-corrected chi connectivity index (χ4v) is 5.25. The lowest BCUT2D eigenvalue weighted by Gasteiger charge is -2.18. The molecule has 0 spiro atoms. The second kappa shape index (κ2) is 14.3. The van der Waals surface area contributed by atoms with E-state index < -0.39 is 7.82 Å². The minimum Gasteiger partial charge on any atom is -0.461 e. The number of cyclic esters (lactones) is 1. The summed E-state index contributed by atoms with van der Waals surface area (Å²) in [5.74, 6) is -0.164. The van der Waals surface area contributed by atoms with Crippen LogP contribution in [0.5, 0.6) is 0 Å². The van der Waals surface area contributed by atoms with Crippen LogP contribution in [0.1, 0.15) is 104 Å². The first-order valence-electron chi connectivity index (χ1n) is 12.1. The van der Waals surface area contributed by atoms with Crippen LogP contribution >= 0.6 is 7.82 Å². The van der Waals surface area contributed by atoms with Crippen LogP contribution in [0.4, 0.5) is 0 Å². The molecular weight excluding hydrogens is 403 g/mol. The van der Waals surface area contributed by atoms with Gasteiger partial charge in [0, 0.05) is 6.42 Å². The van der Waals surface area contributed by atoms with E-state index in [0.29, 0.717) is 24.4 Å². The van der Waals surface area contributed by atoms with Crippen molar-refractivity contribution in [3.63, 3.8) is 0 Å². The molecule has 2 aliphatic rings. The number of allylic oxidation sites excluding steroid dienone is 1. The molecule has 0 aliphatic carbocycles. The van der Waals surface area contributed by atoms with Gasteiger partial charge >= 0.3 is 13.8 Å². The lowest BCUT2D eigenvalue weighted by Crippen LogP contribution is -2.10. The number of rotatable bonds is 16. The van der Waals surface area contributed by atoms with Crippen molar-refractivity contribution in [3.8, 4) is 0 Å². The van der Waals surface area contributed by atoms with Crippen molar-refractivity contribution in [3.05, 3.63) is 11.3 Å². The van der Waals surface area contributed by atoms with Crippen LogP contribution < -0.4 is 0 Å². The van der Waals surface area contributed by atoms with E-state index in [1.165, 1.54) is 57.8 Å². The molecule has 0 N–H and O–H groups in total. The molecule has 0 saturated carbocycles. The number of unbranched alkanes of at least 4 members (excludes halogenated alkanes) is 11. The van der Waals surface area contributed by atoms with Crippen LogP contribution in [-0.2, 0) is 27.7 Å². The maximum Gasteiger partial charge on any atom is 0.529 e. The number of carbonyl (C=O) groups excluding carboxylic acids is 1. The third-order valence-electron chi connectivity index (χ3n) is 5.75. The molecule has 0 radical (unpaired) electrons. The Bertz CT molecular complexity index is 588. The molecule has 6 nitrogen and oxygen atoms in total. The van der Waals surface area contributed by atoms with Crippen LogP contribution in [0, 0.1) is 5.92 Å². The molecule has 1 fully saturated rings. The van der Waals surface area contributed by atoms with Gasteiger partial charge in [-0.3, -0.25) is 9.05 Å². The van der Waals surface area contributed by atoms with E-state index in [2.05, 4.69) is 13.8 Å². The molecule has 0 amide bonds. The first-order valence-corrected chi connectivity index (χ1v) is 13.5. The molecule has 7 heteroatoms. The summed E-state index contributed by atoms with van der Waals surface area (Å²) < 4.78 is 34.9. The lowest BCUT2D eigenvalue weighted by molar-refractivity contribution is -0.135. The Morgan fingerprint density at radius 1 is 0.867 bits per heavy atom. The quantitative estimate of drug-likeness (QED) is 0.144. The number of hydrogen-bond donors (Lipinski definition) is 0. The zero-order valence-electron chi connectivity index (χ0n) is 19.0. The molecule has 0 aromatic rings. The van der Waals surface area contributed by atoms with Gasteiger partial charge in [0.15, 0.2) is 0 Å². The van der Waals surface area contributed by atoms with Gasteiger partial charge in [-0.15, -0.1) is 0 Å². The zero-order chi connectivity index (χ0) is 21.7. The Hall–Kier alpha value is -0.840. The second-order valence-corrected chi connectivity index (χ2v) is 10.0. The lowest BCUT2D eigenvalue weighted by atomic mass is 10.00. The summed E-state index contributed by atoms with van der Waals surface area (Å²) in [4.78, 5) is 12.1. The molecule has 2 atom stereocenters. The SMILES string of the molecule is CCCCCCCCCCCCCO[P@]1(=O)OC[C@@H]2COC(=O)C2=C(CCCC)O1. The molecule has 0 bridgehead atoms. The molecule has 1 saturated heterocycles. The minimum atomic E-state index is -3.68. The molecule has 0 unspecified atom stereocenters. The summed E-state index contributed by atoms with van der Waals surface area (Å²) in [6.07, 6.45) is 16.0. The number of phosphoric ester groups is 1. The zero-order valence-corrected chi connectivity index (χ0v) is 19.9. The van der Waals surface area contributed by atoms with Crippen molar-refractivity contribution in [2.75, 3.05) is 19.8 Å². The molecule has 174 valence electrons. The average molecular weight is 445 g/mol. The predicted octanol–water partition coefficient (Wildman–Crippen LogP) is 7.09. The van der Waals surface area contributed by atoms with Crippen LogP contribution in [0.2, 0.25) is 0 Å². The fraction of sp³-hybridized carbons (Fsp3) is 0.870. The Morgan fingerprint density at radius 2 is 1.47 bits per heavy atom. The molecular formula is C23H41O6P. The molecule has 30 heavy (non-hydrogen) atoms. The smallest absolute Gasteiger partial charge is 0.461 e. The van der Waals surface area contributed by atoms with Crippen molar-refractivity contribution >= 4 is 13.8 Å². The second-order valence-electron chi connectivity index (χ2n) is 8.44. The molecule has 0 aromatic carbocycles. The van der Waals surface area contributed by atoms with E-state index >= 15 is 0 Å². The van der Waals surface area contributed by atoms with Crippen molar-refractivity contribution in [1.82, 2.24) is 0 Å². The summed E-state index contributed by atoms with van der Waals surface area (Å²) in [5, 5.41) is 0. The maximum absolute atomic E-state index is 13.0. The van der Waals surface area contributed by atoms with E-state index in [-0.39, 0.29) is 25.1 Å². The minimum absolute atomic E-state index is 0.131. The van der Waals surface area contributed by atoms with E-state index in [0.717, 1.165) is 25.7 Å². The normalized spacial score (nSPS) is 23.8. The van der Waals surface area contributed by atoms with Gasteiger partial charge in [-0.1, -0.05) is 84.5 Å². The summed E-state index contributed by atoms with van der Waals surface area (Å²) in [7, 11) is -3.68. The van der Waals surface area contributed by atoms with Crippen LogP contribution in [0.3, 0.4) is 0 Å². The number of hydrogen-bond acceptors (Lipinski definition) is 6. The van der Waals surface area contributed by atoms with Crippen molar-refractivity contribution in [2.24, 2.45) is 5.92 Å². The van der Waals surface area contributed by atoms with Gasteiger partial charge in [-0.05, 0) is 12.8 Å². The van der Waals surface area contributed by atoms with Gasteiger partial charge in [0.25, 0.3) is 0 Å². The highest BCUT2D eigenvalue weighted by Gasteiger charge is 2.43. The maximum atomic E-state index is 13.0. The molecule has 2 aliphatic heterocycles. The Kier molecular flexibility index (Phi) is 12.1. The third-order valence-corrected chi connectivity index (χ3v) is 7.16. The number of carbonyl (C=O) groups is 1. The van der Waals surface area contributed by atoms with Crippen molar-refractivity contribution < 1.29 is 27.7 Å². The van der Waals surface area contributed by atoms with Crippen LogP contribution in [0.25, 0.3) is 0 Å². The highest BCUT2D eigenvalue weighted by Crippen LogP contribution is 2.55. The first kappa shape index (κ1) is 25.4. The summed E-state index contributed by atoms with van der Waals surface area (Å²) in [6.45, 7) is 5.04. The highest BCUT2D eigenvalue weighted by atomic mass is 31.2. The number of ether oxygens (including phenoxy) is 1. The Morgan fingerprint density at radius 3 is 2.10 bits per heavy atom. The van der Waals surface area contributed by atoms with Gasteiger partial charge in [-0.2, -0.15) is 0 Å². The number of esters is 1. The van der Waals surface area contributed by atoms with Gasteiger partial charge < -0.3 is 9.26 Å². The van der Waals surface area contributed by atoms with Gasteiger partial charge in [0.05, 0.1) is 24.7 Å². The average Bonchev–Trinajstić information content (AvgIpc) is 3.04.